The number of anilines is 2. The molecule has 0 atom stereocenters. The molecule has 0 aliphatic carbocycles. The third kappa shape index (κ3) is 2.98. The molecular formula is C17H19N3. The van der Waals surface area contributed by atoms with Crippen LogP contribution >= 0.6 is 0 Å². The Kier molecular flexibility index (Phi) is 4.39. The van der Waals surface area contributed by atoms with E-state index in [1.54, 1.807) is 0 Å². The van der Waals surface area contributed by atoms with Gasteiger partial charge in [0, 0.05) is 19.3 Å². The zero-order chi connectivity index (χ0) is 14.5. The quantitative estimate of drug-likeness (QED) is 0.921. The molecule has 102 valence electrons. The van der Waals surface area contributed by atoms with Gasteiger partial charge in [0.2, 0.25) is 0 Å². The molecule has 0 heterocycles. The van der Waals surface area contributed by atoms with Crippen LogP contribution in [0.1, 0.15) is 16.7 Å². The molecule has 3 heteroatoms. The van der Waals surface area contributed by atoms with E-state index < -0.39 is 0 Å². The third-order valence-electron chi connectivity index (χ3n) is 3.34. The summed E-state index contributed by atoms with van der Waals surface area (Å²) in [7, 11) is 3.89. The zero-order valence-electron chi connectivity index (χ0n) is 12.1. The Morgan fingerprint density at radius 2 is 1.85 bits per heavy atom. The lowest BCUT2D eigenvalue weighted by Crippen LogP contribution is -2.12. The van der Waals surface area contributed by atoms with Crippen molar-refractivity contribution in [1.29, 1.82) is 5.26 Å². The topological polar surface area (TPSA) is 39.1 Å². The van der Waals surface area contributed by atoms with Gasteiger partial charge in [0.15, 0.2) is 0 Å². The number of hydrogen-bond acceptors (Lipinski definition) is 3. The van der Waals surface area contributed by atoms with Gasteiger partial charge in [0.05, 0.1) is 11.3 Å². The van der Waals surface area contributed by atoms with Crippen LogP contribution in [0.4, 0.5) is 11.4 Å². The molecule has 2 aromatic carbocycles. The van der Waals surface area contributed by atoms with Crippen molar-refractivity contribution in [2.45, 2.75) is 13.5 Å². The second-order valence-electron chi connectivity index (χ2n) is 4.89. The minimum Gasteiger partial charge on any atom is -0.344 e. The normalized spacial score (nSPS) is 10.1. The number of nitrogens with zero attached hydrogens (tertiary/aromatic N) is 2. The Hall–Kier alpha value is -2.31. The van der Waals surface area contributed by atoms with Crippen molar-refractivity contribution in [2.75, 3.05) is 19.0 Å². The van der Waals surface area contributed by atoms with Crippen molar-refractivity contribution in [3.8, 4) is 6.07 Å². The predicted molar refractivity (Wildman–Crippen MR) is 83.2 cm³/mol. The molecule has 0 fully saturated rings. The number of nitrogens with one attached hydrogen (secondary N) is 1. The molecule has 0 spiro atoms. The molecule has 0 aromatic heterocycles. The average molecular weight is 265 g/mol. The van der Waals surface area contributed by atoms with Gasteiger partial charge in [-0.2, -0.15) is 5.26 Å². The highest BCUT2D eigenvalue weighted by atomic mass is 15.1. The molecular weight excluding hydrogens is 246 g/mol. The monoisotopic (exact) mass is 265 g/mol. The van der Waals surface area contributed by atoms with Gasteiger partial charge in [0.25, 0.3) is 0 Å². The second kappa shape index (κ2) is 6.23. The molecule has 0 radical (unpaired) electrons. The van der Waals surface area contributed by atoms with E-state index in [2.05, 4.69) is 48.6 Å². The lowest BCUT2D eigenvalue weighted by Gasteiger charge is -2.21. The van der Waals surface area contributed by atoms with E-state index in [0.717, 1.165) is 23.5 Å². The van der Waals surface area contributed by atoms with E-state index in [9.17, 15) is 5.26 Å². The minimum atomic E-state index is 0.695. The Balaban J connectivity index is 2.36. The summed E-state index contributed by atoms with van der Waals surface area (Å²) in [5.74, 6) is 0. The van der Waals surface area contributed by atoms with Crippen molar-refractivity contribution in [1.82, 2.24) is 5.32 Å². The fourth-order valence-corrected chi connectivity index (χ4v) is 2.19. The van der Waals surface area contributed by atoms with Gasteiger partial charge >= 0.3 is 0 Å². The molecule has 0 saturated heterocycles. The summed E-state index contributed by atoms with van der Waals surface area (Å²) < 4.78 is 0. The largest absolute Gasteiger partial charge is 0.344 e. The summed E-state index contributed by atoms with van der Waals surface area (Å²) in [5, 5.41) is 12.5. The maximum Gasteiger partial charge on any atom is 0.101 e. The SMILES string of the molecule is CNCc1ccc(N(C)c2ccc(C)cc2)c(C#N)c1. The standard InChI is InChI=1S/C17H19N3/c1-13-4-7-16(8-5-13)20(3)17-9-6-14(12-19-2)10-15(17)11-18/h4-10,19H,12H2,1-3H3. The summed E-state index contributed by atoms with van der Waals surface area (Å²) >= 11 is 0. The Labute approximate surface area is 120 Å². The van der Waals surface area contributed by atoms with Crippen molar-refractivity contribution in [3.05, 3.63) is 59.2 Å². The van der Waals surface area contributed by atoms with Gasteiger partial charge in [-0.05, 0) is 43.8 Å². The van der Waals surface area contributed by atoms with Crippen LogP contribution in [0.2, 0.25) is 0 Å². The first-order valence-corrected chi connectivity index (χ1v) is 6.63. The molecule has 2 aromatic rings. The van der Waals surface area contributed by atoms with E-state index in [1.165, 1.54) is 5.56 Å². The highest BCUT2D eigenvalue weighted by Crippen LogP contribution is 2.27. The molecule has 2 rings (SSSR count). The second-order valence-corrected chi connectivity index (χ2v) is 4.89. The lowest BCUT2D eigenvalue weighted by atomic mass is 10.1. The van der Waals surface area contributed by atoms with Crippen LogP contribution in [0.5, 0.6) is 0 Å². The summed E-state index contributed by atoms with van der Waals surface area (Å²) in [6.45, 7) is 2.83. The van der Waals surface area contributed by atoms with E-state index in [4.69, 9.17) is 0 Å². The van der Waals surface area contributed by atoms with Gasteiger partial charge in [0.1, 0.15) is 6.07 Å². The predicted octanol–water partition coefficient (Wildman–Crippen LogP) is 3.35. The van der Waals surface area contributed by atoms with Crippen molar-refractivity contribution < 1.29 is 0 Å². The summed E-state index contributed by atoms with van der Waals surface area (Å²) in [6.07, 6.45) is 0. The van der Waals surface area contributed by atoms with E-state index in [-0.39, 0.29) is 0 Å². The maximum absolute atomic E-state index is 9.35. The Morgan fingerprint density at radius 1 is 1.15 bits per heavy atom. The Bertz CT molecular complexity index is 624. The summed E-state index contributed by atoms with van der Waals surface area (Å²) in [5.41, 5.74) is 5.04. The number of aryl methyl sites for hydroxylation is 1. The first-order valence-electron chi connectivity index (χ1n) is 6.63. The highest BCUT2D eigenvalue weighted by molar-refractivity contribution is 5.69. The van der Waals surface area contributed by atoms with Gasteiger partial charge in [-0.1, -0.05) is 23.8 Å². The first-order chi connectivity index (χ1) is 9.65. The van der Waals surface area contributed by atoms with Crippen LogP contribution in [0, 0.1) is 18.3 Å². The van der Waals surface area contributed by atoms with Crippen LogP contribution in [-0.4, -0.2) is 14.1 Å². The smallest absolute Gasteiger partial charge is 0.101 e. The number of hydrogen-bond donors (Lipinski definition) is 1. The van der Waals surface area contributed by atoms with Crippen molar-refractivity contribution >= 4 is 11.4 Å². The molecule has 0 aliphatic heterocycles. The molecule has 0 unspecified atom stereocenters. The molecule has 3 nitrogen and oxygen atoms in total. The van der Waals surface area contributed by atoms with Gasteiger partial charge in [-0.25, -0.2) is 0 Å². The van der Waals surface area contributed by atoms with Crippen molar-refractivity contribution in [3.63, 3.8) is 0 Å². The fraction of sp³-hybridized carbons (Fsp3) is 0.235. The van der Waals surface area contributed by atoms with Crippen LogP contribution in [-0.2, 0) is 6.54 Å². The summed E-state index contributed by atoms with van der Waals surface area (Å²) in [6, 6.07) is 16.6. The molecule has 0 saturated carbocycles. The molecule has 20 heavy (non-hydrogen) atoms. The molecule has 0 amide bonds. The number of nitriles is 1. The average Bonchev–Trinajstić information content (AvgIpc) is 2.47. The number of rotatable bonds is 4. The highest BCUT2D eigenvalue weighted by Gasteiger charge is 2.10. The minimum absolute atomic E-state index is 0.695. The summed E-state index contributed by atoms with van der Waals surface area (Å²) in [4.78, 5) is 2.04. The fourth-order valence-electron chi connectivity index (χ4n) is 2.19. The zero-order valence-corrected chi connectivity index (χ0v) is 12.1. The maximum atomic E-state index is 9.35. The van der Waals surface area contributed by atoms with Crippen LogP contribution < -0.4 is 10.2 Å². The van der Waals surface area contributed by atoms with Crippen LogP contribution in [0.25, 0.3) is 0 Å². The van der Waals surface area contributed by atoms with E-state index >= 15 is 0 Å². The lowest BCUT2D eigenvalue weighted by molar-refractivity contribution is 0.817. The van der Waals surface area contributed by atoms with Crippen LogP contribution in [0.3, 0.4) is 0 Å². The van der Waals surface area contributed by atoms with Gasteiger partial charge < -0.3 is 10.2 Å². The van der Waals surface area contributed by atoms with E-state index in [1.807, 2.05) is 31.1 Å². The first kappa shape index (κ1) is 14.1. The number of benzene rings is 2. The van der Waals surface area contributed by atoms with Gasteiger partial charge in [-0.15, -0.1) is 0 Å². The van der Waals surface area contributed by atoms with Crippen LogP contribution in [0.15, 0.2) is 42.5 Å². The van der Waals surface area contributed by atoms with Gasteiger partial charge in [-0.3, -0.25) is 0 Å². The van der Waals surface area contributed by atoms with E-state index in [0.29, 0.717) is 5.56 Å². The molecule has 0 aliphatic rings. The van der Waals surface area contributed by atoms with Crippen molar-refractivity contribution in [2.24, 2.45) is 0 Å². The Morgan fingerprint density at radius 3 is 2.45 bits per heavy atom. The third-order valence-corrected chi connectivity index (χ3v) is 3.34. The molecule has 0 bridgehead atoms. The molecule has 1 N–H and O–H groups in total.